The molecule has 0 saturated heterocycles. The van der Waals surface area contributed by atoms with Crippen molar-refractivity contribution in [3.05, 3.63) is 101 Å². The van der Waals surface area contributed by atoms with Gasteiger partial charge in [0.15, 0.2) is 5.78 Å². The number of amides is 1. The van der Waals surface area contributed by atoms with Crippen LogP contribution in [0, 0.1) is 5.82 Å². The molecule has 4 nitrogen and oxygen atoms in total. The SMILES string of the molecule is O=C(NCc1ccncc1)c1ccccc1C(=O)c1ccc(F)cc1. The number of nitrogens with zero attached hydrogens (tertiary/aromatic N) is 1. The molecule has 5 heteroatoms. The van der Waals surface area contributed by atoms with Crippen molar-refractivity contribution in [2.45, 2.75) is 6.54 Å². The summed E-state index contributed by atoms with van der Waals surface area (Å²) in [6.45, 7) is 0.334. The Hall–Kier alpha value is -3.34. The summed E-state index contributed by atoms with van der Waals surface area (Å²) < 4.78 is 13.0. The van der Waals surface area contributed by atoms with E-state index in [1.807, 2.05) is 0 Å². The molecule has 0 spiro atoms. The summed E-state index contributed by atoms with van der Waals surface area (Å²) in [6.07, 6.45) is 3.29. The Morgan fingerprint density at radius 2 is 1.52 bits per heavy atom. The van der Waals surface area contributed by atoms with Crippen LogP contribution in [0.15, 0.2) is 73.1 Å². The summed E-state index contributed by atoms with van der Waals surface area (Å²) in [6, 6.07) is 15.4. The fraction of sp³-hybridized carbons (Fsp3) is 0.0500. The van der Waals surface area contributed by atoms with Gasteiger partial charge < -0.3 is 5.32 Å². The van der Waals surface area contributed by atoms with E-state index in [9.17, 15) is 14.0 Å². The quantitative estimate of drug-likeness (QED) is 0.728. The van der Waals surface area contributed by atoms with Crippen molar-refractivity contribution in [1.82, 2.24) is 10.3 Å². The molecule has 0 bridgehead atoms. The van der Waals surface area contributed by atoms with Crippen LogP contribution < -0.4 is 5.32 Å². The predicted octanol–water partition coefficient (Wildman–Crippen LogP) is 3.38. The van der Waals surface area contributed by atoms with Gasteiger partial charge >= 0.3 is 0 Å². The van der Waals surface area contributed by atoms with Crippen LogP contribution in [0.25, 0.3) is 0 Å². The molecule has 0 unspecified atom stereocenters. The Morgan fingerprint density at radius 1 is 0.880 bits per heavy atom. The van der Waals surface area contributed by atoms with Gasteiger partial charge in [0.05, 0.1) is 5.56 Å². The summed E-state index contributed by atoms with van der Waals surface area (Å²) in [7, 11) is 0. The van der Waals surface area contributed by atoms with Crippen LogP contribution in [-0.4, -0.2) is 16.7 Å². The van der Waals surface area contributed by atoms with Crippen LogP contribution in [0.3, 0.4) is 0 Å². The van der Waals surface area contributed by atoms with Crippen LogP contribution in [-0.2, 0) is 6.54 Å². The Balaban J connectivity index is 1.81. The molecule has 0 radical (unpaired) electrons. The number of aromatic nitrogens is 1. The first-order valence-electron chi connectivity index (χ1n) is 7.71. The third-order valence-corrected chi connectivity index (χ3v) is 3.73. The highest BCUT2D eigenvalue weighted by molar-refractivity contribution is 6.15. The number of nitrogens with one attached hydrogen (secondary N) is 1. The first-order valence-corrected chi connectivity index (χ1v) is 7.71. The zero-order chi connectivity index (χ0) is 17.6. The van der Waals surface area contributed by atoms with Crippen molar-refractivity contribution in [1.29, 1.82) is 0 Å². The molecule has 0 atom stereocenters. The molecule has 0 aliphatic heterocycles. The van der Waals surface area contributed by atoms with Gasteiger partial charge in [0.2, 0.25) is 0 Å². The van der Waals surface area contributed by atoms with Crippen molar-refractivity contribution in [3.8, 4) is 0 Å². The fourth-order valence-electron chi connectivity index (χ4n) is 2.41. The molecular formula is C20H15FN2O2. The molecule has 1 N–H and O–H groups in total. The van der Waals surface area contributed by atoms with Crippen LogP contribution >= 0.6 is 0 Å². The summed E-state index contributed by atoms with van der Waals surface area (Å²) in [5.74, 6) is -1.09. The second-order valence-electron chi connectivity index (χ2n) is 5.42. The lowest BCUT2D eigenvalue weighted by molar-refractivity contribution is 0.0939. The fourth-order valence-corrected chi connectivity index (χ4v) is 2.41. The van der Waals surface area contributed by atoms with Gasteiger partial charge in [-0.3, -0.25) is 14.6 Å². The zero-order valence-corrected chi connectivity index (χ0v) is 13.3. The second-order valence-corrected chi connectivity index (χ2v) is 5.42. The Labute approximate surface area is 144 Å². The number of rotatable bonds is 5. The van der Waals surface area contributed by atoms with E-state index in [0.717, 1.165) is 5.56 Å². The van der Waals surface area contributed by atoms with Gasteiger partial charge in [-0.25, -0.2) is 4.39 Å². The molecule has 25 heavy (non-hydrogen) atoms. The molecule has 124 valence electrons. The van der Waals surface area contributed by atoms with E-state index < -0.39 is 5.82 Å². The first kappa shape index (κ1) is 16.5. The number of hydrogen-bond acceptors (Lipinski definition) is 3. The van der Waals surface area contributed by atoms with Gasteiger partial charge in [0, 0.05) is 30.1 Å². The smallest absolute Gasteiger partial charge is 0.252 e. The summed E-state index contributed by atoms with van der Waals surface area (Å²) in [5, 5.41) is 2.79. The summed E-state index contributed by atoms with van der Waals surface area (Å²) >= 11 is 0. The third kappa shape index (κ3) is 3.95. The lowest BCUT2D eigenvalue weighted by Crippen LogP contribution is -2.25. The highest BCUT2D eigenvalue weighted by Crippen LogP contribution is 2.15. The van der Waals surface area contributed by atoms with Gasteiger partial charge in [-0.1, -0.05) is 18.2 Å². The molecule has 2 aromatic carbocycles. The number of hydrogen-bond donors (Lipinski definition) is 1. The minimum absolute atomic E-state index is 0.279. The molecule has 0 fully saturated rings. The molecule has 3 rings (SSSR count). The van der Waals surface area contributed by atoms with E-state index in [4.69, 9.17) is 0 Å². The molecule has 0 saturated carbocycles. The highest BCUT2D eigenvalue weighted by atomic mass is 19.1. The van der Waals surface area contributed by atoms with Gasteiger partial charge in [0.1, 0.15) is 5.82 Å². The Kier molecular flexibility index (Phi) is 4.95. The third-order valence-electron chi connectivity index (χ3n) is 3.73. The number of benzene rings is 2. The minimum Gasteiger partial charge on any atom is -0.348 e. The highest BCUT2D eigenvalue weighted by Gasteiger charge is 2.17. The molecule has 0 aliphatic carbocycles. The number of ketones is 1. The van der Waals surface area contributed by atoms with E-state index in [1.54, 1.807) is 48.8 Å². The topological polar surface area (TPSA) is 59.1 Å². The molecule has 1 amide bonds. The maximum absolute atomic E-state index is 13.0. The molecular weight excluding hydrogens is 319 g/mol. The average Bonchev–Trinajstić information content (AvgIpc) is 2.67. The van der Waals surface area contributed by atoms with Crippen LogP contribution in [0.1, 0.15) is 31.8 Å². The van der Waals surface area contributed by atoms with Crippen LogP contribution in [0.4, 0.5) is 4.39 Å². The van der Waals surface area contributed by atoms with Crippen molar-refractivity contribution in [2.24, 2.45) is 0 Å². The van der Waals surface area contributed by atoms with Crippen molar-refractivity contribution in [2.75, 3.05) is 0 Å². The average molecular weight is 334 g/mol. The molecule has 1 aromatic heterocycles. The number of pyridine rings is 1. The molecule has 3 aromatic rings. The monoisotopic (exact) mass is 334 g/mol. The zero-order valence-electron chi connectivity index (χ0n) is 13.3. The minimum atomic E-state index is -0.417. The summed E-state index contributed by atoms with van der Waals surface area (Å²) in [5.41, 5.74) is 1.80. The van der Waals surface area contributed by atoms with Crippen LogP contribution in [0.2, 0.25) is 0 Å². The van der Waals surface area contributed by atoms with E-state index in [2.05, 4.69) is 10.3 Å². The lowest BCUT2D eigenvalue weighted by atomic mass is 9.98. The Morgan fingerprint density at radius 3 is 2.20 bits per heavy atom. The van der Waals surface area contributed by atoms with Gasteiger partial charge in [0.25, 0.3) is 5.91 Å². The largest absolute Gasteiger partial charge is 0.348 e. The predicted molar refractivity (Wildman–Crippen MR) is 91.7 cm³/mol. The van der Waals surface area contributed by atoms with Crippen molar-refractivity contribution < 1.29 is 14.0 Å². The number of carbonyl (C=O) groups excluding carboxylic acids is 2. The standard InChI is InChI=1S/C20H15FN2O2/c21-16-7-5-15(6-8-16)19(24)17-3-1-2-4-18(17)20(25)23-13-14-9-11-22-12-10-14/h1-12H,13H2,(H,23,25). The summed E-state index contributed by atoms with van der Waals surface area (Å²) in [4.78, 5) is 29.1. The van der Waals surface area contributed by atoms with Crippen molar-refractivity contribution in [3.63, 3.8) is 0 Å². The van der Waals surface area contributed by atoms with Gasteiger partial charge in [-0.05, 0) is 48.0 Å². The number of halogens is 1. The number of carbonyl (C=O) groups is 2. The first-order chi connectivity index (χ1) is 12.1. The molecule has 1 heterocycles. The van der Waals surface area contributed by atoms with E-state index in [0.29, 0.717) is 12.1 Å². The Bertz CT molecular complexity index is 893. The van der Waals surface area contributed by atoms with E-state index in [1.165, 1.54) is 24.3 Å². The second kappa shape index (κ2) is 7.49. The maximum Gasteiger partial charge on any atom is 0.252 e. The molecule has 0 aliphatic rings. The van der Waals surface area contributed by atoms with Gasteiger partial charge in [-0.15, -0.1) is 0 Å². The van der Waals surface area contributed by atoms with Crippen LogP contribution in [0.5, 0.6) is 0 Å². The van der Waals surface area contributed by atoms with E-state index >= 15 is 0 Å². The van der Waals surface area contributed by atoms with Gasteiger partial charge in [-0.2, -0.15) is 0 Å². The van der Waals surface area contributed by atoms with Crippen molar-refractivity contribution >= 4 is 11.7 Å². The maximum atomic E-state index is 13.0. The normalized spacial score (nSPS) is 10.3. The lowest BCUT2D eigenvalue weighted by Gasteiger charge is -2.10. The van der Waals surface area contributed by atoms with E-state index in [-0.39, 0.29) is 22.8 Å².